The minimum Gasteiger partial charge on any atom is -0.376 e. The van der Waals surface area contributed by atoms with Crippen molar-refractivity contribution in [2.75, 3.05) is 19.7 Å². The van der Waals surface area contributed by atoms with Gasteiger partial charge in [0.15, 0.2) is 0 Å². The Kier molecular flexibility index (Phi) is 4.53. The lowest BCUT2D eigenvalue weighted by Crippen LogP contribution is -2.34. The van der Waals surface area contributed by atoms with Gasteiger partial charge < -0.3 is 9.64 Å². The van der Waals surface area contributed by atoms with Crippen molar-refractivity contribution in [2.45, 2.75) is 32.8 Å². The first-order valence-electron chi connectivity index (χ1n) is 9.32. The standard InChI is InChI=1S/C20H26N4O2/c1-15-6-16(8-21-7-15)12-26-14-20-5-3-4-18(20)11-24(13-20)19(25)17-9-22-23(2)10-17/h6-10,18H,3-5,11-14H2,1-2H3/t18-,20+/m0/s1. The van der Waals surface area contributed by atoms with Gasteiger partial charge in [-0.25, -0.2) is 0 Å². The highest BCUT2D eigenvalue weighted by molar-refractivity contribution is 5.94. The summed E-state index contributed by atoms with van der Waals surface area (Å²) in [6.07, 6.45) is 10.7. The highest BCUT2D eigenvalue weighted by Gasteiger charge is 2.50. The molecule has 1 saturated heterocycles. The van der Waals surface area contributed by atoms with Gasteiger partial charge in [-0.05, 0) is 36.8 Å². The Hall–Kier alpha value is -2.21. The summed E-state index contributed by atoms with van der Waals surface area (Å²) in [7, 11) is 1.84. The van der Waals surface area contributed by atoms with Crippen molar-refractivity contribution < 1.29 is 9.53 Å². The molecule has 26 heavy (non-hydrogen) atoms. The summed E-state index contributed by atoms with van der Waals surface area (Å²) >= 11 is 0. The number of carbonyl (C=O) groups is 1. The van der Waals surface area contributed by atoms with E-state index in [1.54, 1.807) is 17.1 Å². The number of carbonyl (C=O) groups excluding carboxylic acids is 1. The fourth-order valence-corrected chi connectivity index (χ4v) is 4.59. The Morgan fingerprint density at radius 3 is 3.04 bits per heavy atom. The van der Waals surface area contributed by atoms with E-state index in [9.17, 15) is 4.79 Å². The Labute approximate surface area is 154 Å². The van der Waals surface area contributed by atoms with Crippen molar-refractivity contribution >= 4 is 5.91 Å². The van der Waals surface area contributed by atoms with Crippen LogP contribution in [0, 0.1) is 18.3 Å². The molecule has 3 heterocycles. The zero-order valence-electron chi connectivity index (χ0n) is 15.5. The van der Waals surface area contributed by atoms with Gasteiger partial charge in [-0.2, -0.15) is 5.10 Å². The molecule has 1 amide bonds. The molecule has 2 aromatic heterocycles. The topological polar surface area (TPSA) is 60.2 Å². The summed E-state index contributed by atoms with van der Waals surface area (Å²) in [6, 6.07) is 2.11. The molecule has 0 aromatic carbocycles. The second-order valence-electron chi connectivity index (χ2n) is 7.90. The molecule has 6 nitrogen and oxygen atoms in total. The van der Waals surface area contributed by atoms with Crippen LogP contribution in [0.2, 0.25) is 0 Å². The van der Waals surface area contributed by atoms with Crippen LogP contribution in [-0.2, 0) is 18.4 Å². The molecular weight excluding hydrogens is 328 g/mol. The van der Waals surface area contributed by atoms with Crippen LogP contribution in [0.1, 0.15) is 40.7 Å². The van der Waals surface area contributed by atoms with Crippen molar-refractivity contribution in [2.24, 2.45) is 18.4 Å². The molecule has 1 aliphatic heterocycles. The van der Waals surface area contributed by atoms with Crippen LogP contribution in [0.4, 0.5) is 0 Å². The van der Waals surface area contributed by atoms with Crippen LogP contribution >= 0.6 is 0 Å². The predicted octanol–water partition coefficient (Wildman–Crippen LogP) is 2.58. The molecule has 4 rings (SSSR count). The number of aromatic nitrogens is 3. The van der Waals surface area contributed by atoms with E-state index in [1.807, 2.05) is 31.3 Å². The number of fused-ring (bicyclic) bond motifs is 1. The summed E-state index contributed by atoms with van der Waals surface area (Å²) in [5.41, 5.74) is 3.04. The molecule has 0 spiro atoms. The van der Waals surface area contributed by atoms with Crippen molar-refractivity contribution in [3.63, 3.8) is 0 Å². The smallest absolute Gasteiger partial charge is 0.257 e. The summed E-state index contributed by atoms with van der Waals surface area (Å²) in [5.74, 6) is 0.633. The highest BCUT2D eigenvalue weighted by Crippen LogP contribution is 2.49. The monoisotopic (exact) mass is 354 g/mol. The first kappa shape index (κ1) is 17.2. The maximum atomic E-state index is 12.8. The van der Waals surface area contributed by atoms with Crippen molar-refractivity contribution in [3.05, 3.63) is 47.5 Å². The normalized spacial score (nSPS) is 24.8. The van der Waals surface area contributed by atoms with Gasteiger partial charge in [0.1, 0.15) is 0 Å². The van der Waals surface area contributed by atoms with Crippen LogP contribution in [0.3, 0.4) is 0 Å². The van der Waals surface area contributed by atoms with E-state index in [-0.39, 0.29) is 11.3 Å². The Balaban J connectivity index is 1.40. The minimum atomic E-state index is 0.0924. The van der Waals surface area contributed by atoms with E-state index < -0.39 is 0 Å². The number of amides is 1. The fraction of sp³-hybridized carbons (Fsp3) is 0.550. The summed E-state index contributed by atoms with van der Waals surface area (Å²) < 4.78 is 7.79. The summed E-state index contributed by atoms with van der Waals surface area (Å²) in [4.78, 5) is 19.0. The molecule has 6 heteroatoms. The Morgan fingerprint density at radius 2 is 2.27 bits per heavy atom. The van der Waals surface area contributed by atoms with Crippen LogP contribution in [-0.4, -0.2) is 45.3 Å². The van der Waals surface area contributed by atoms with Crippen molar-refractivity contribution in [1.82, 2.24) is 19.7 Å². The van der Waals surface area contributed by atoms with Gasteiger partial charge in [-0.15, -0.1) is 0 Å². The van der Waals surface area contributed by atoms with Crippen LogP contribution < -0.4 is 0 Å². The maximum absolute atomic E-state index is 12.8. The molecular formula is C20H26N4O2. The molecule has 2 aromatic rings. The van der Waals surface area contributed by atoms with Crippen LogP contribution in [0.25, 0.3) is 0 Å². The van der Waals surface area contributed by atoms with Crippen LogP contribution in [0.15, 0.2) is 30.9 Å². The fourth-order valence-electron chi connectivity index (χ4n) is 4.59. The molecule has 1 saturated carbocycles. The number of likely N-dealkylation sites (tertiary alicyclic amines) is 1. The minimum absolute atomic E-state index is 0.0924. The van der Waals surface area contributed by atoms with Crippen molar-refractivity contribution in [3.8, 4) is 0 Å². The van der Waals surface area contributed by atoms with Crippen LogP contribution in [0.5, 0.6) is 0 Å². The van der Waals surface area contributed by atoms with Gasteiger partial charge in [0.2, 0.25) is 0 Å². The number of hydrogen-bond donors (Lipinski definition) is 0. The largest absolute Gasteiger partial charge is 0.376 e. The summed E-state index contributed by atoms with van der Waals surface area (Å²) in [5, 5.41) is 4.13. The number of pyridine rings is 1. The van der Waals surface area contributed by atoms with E-state index in [0.29, 0.717) is 24.7 Å². The average molecular weight is 354 g/mol. The number of aryl methyl sites for hydroxylation is 2. The van der Waals surface area contributed by atoms with Gasteiger partial charge in [0.25, 0.3) is 5.91 Å². The molecule has 0 radical (unpaired) electrons. The van der Waals surface area contributed by atoms with Gasteiger partial charge in [-0.3, -0.25) is 14.5 Å². The average Bonchev–Trinajstić information content (AvgIpc) is 3.28. The molecule has 138 valence electrons. The van der Waals surface area contributed by atoms with E-state index in [1.165, 1.54) is 12.8 Å². The van der Waals surface area contributed by atoms with E-state index in [4.69, 9.17) is 4.74 Å². The highest BCUT2D eigenvalue weighted by atomic mass is 16.5. The molecule has 2 fully saturated rings. The van der Waals surface area contributed by atoms with Gasteiger partial charge >= 0.3 is 0 Å². The third-order valence-corrected chi connectivity index (χ3v) is 5.87. The van der Waals surface area contributed by atoms with Gasteiger partial charge in [0, 0.05) is 44.1 Å². The number of ether oxygens (including phenoxy) is 1. The second kappa shape index (κ2) is 6.83. The Bertz CT molecular complexity index is 803. The molecule has 0 unspecified atom stereocenters. The second-order valence-corrected chi connectivity index (χ2v) is 7.90. The predicted molar refractivity (Wildman–Crippen MR) is 97.5 cm³/mol. The molecule has 2 aliphatic rings. The summed E-state index contributed by atoms with van der Waals surface area (Å²) in [6.45, 7) is 4.96. The van der Waals surface area contributed by atoms with E-state index in [0.717, 1.165) is 30.6 Å². The molecule has 1 aliphatic carbocycles. The Morgan fingerprint density at radius 1 is 1.38 bits per heavy atom. The van der Waals surface area contributed by atoms with Gasteiger partial charge in [0.05, 0.1) is 25.0 Å². The third-order valence-electron chi connectivity index (χ3n) is 5.87. The quantitative estimate of drug-likeness (QED) is 0.828. The number of nitrogens with zero attached hydrogens (tertiary/aromatic N) is 4. The van der Waals surface area contributed by atoms with Crippen molar-refractivity contribution in [1.29, 1.82) is 0 Å². The first-order chi connectivity index (χ1) is 12.6. The van der Waals surface area contributed by atoms with E-state index >= 15 is 0 Å². The lowest BCUT2D eigenvalue weighted by atomic mass is 9.81. The van der Waals surface area contributed by atoms with E-state index in [2.05, 4.69) is 16.1 Å². The number of rotatable bonds is 5. The lowest BCUT2D eigenvalue weighted by Gasteiger charge is -2.28. The SMILES string of the molecule is Cc1cncc(COC[C@]23CCC[C@H]2CN(C(=O)c2cnn(C)c2)C3)c1. The first-order valence-corrected chi connectivity index (χ1v) is 9.32. The third kappa shape index (κ3) is 3.26. The number of hydrogen-bond acceptors (Lipinski definition) is 4. The molecule has 2 atom stereocenters. The zero-order valence-corrected chi connectivity index (χ0v) is 15.5. The molecule has 0 bridgehead atoms. The van der Waals surface area contributed by atoms with Gasteiger partial charge in [-0.1, -0.05) is 12.5 Å². The molecule has 0 N–H and O–H groups in total. The lowest BCUT2D eigenvalue weighted by molar-refractivity contribution is 0.0264. The zero-order chi connectivity index (χ0) is 18.1. The maximum Gasteiger partial charge on any atom is 0.257 e.